The Morgan fingerprint density at radius 1 is 1.16 bits per heavy atom. The first-order valence-electron chi connectivity index (χ1n) is 7.34. The normalized spacial score (nSPS) is 11.9. The lowest BCUT2D eigenvalue weighted by Gasteiger charge is -2.11. The lowest BCUT2D eigenvalue weighted by Crippen LogP contribution is -2.22. The Morgan fingerprint density at radius 2 is 1.88 bits per heavy atom. The van der Waals surface area contributed by atoms with E-state index in [4.69, 9.17) is 4.74 Å². The topological polar surface area (TPSA) is 63.7 Å². The lowest BCUT2D eigenvalue weighted by atomic mass is 10.1. The zero-order valence-corrected chi connectivity index (χ0v) is 16.5. The fourth-order valence-electron chi connectivity index (χ4n) is 2.08. The molecule has 0 spiro atoms. The Morgan fingerprint density at radius 3 is 2.48 bits per heavy atom. The van der Waals surface area contributed by atoms with Crippen LogP contribution < -0.4 is 4.74 Å². The van der Waals surface area contributed by atoms with Crippen molar-refractivity contribution >= 4 is 37.8 Å². The van der Waals surface area contributed by atoms with Crippen LogP contribution in [-0.4, -0.2) is 39.7 Å². The molecule has 132 valence electrons. The minimum absolute atomic E-state index is 0.0870. The van der Waals surface area contributed by atoms with Crippen LogP contribution in [0.25, 0.3) is 6.08 Å². The van der Waals surface area contributed by atoms with Gasteiger partial charge in [-0.05, 0) is 51.8 Å². The zero-order chi connectivity index (χ0) is 18.6. The Labute approximate surface area is 156 Å². The Balaban J connectivity index is 2.25. The van der Waals surface area contributed by atoms with Crippen molar-refractivity contribution in [1.82, 2.24) is 4.31 Å². The molecular weight excluding hydrogens is 406 g/mol. The summed E-state index contributed by atoms with van der Waals surface area (Å²) in [6, 6.07) is 11.4. The van der Waals surface area contributed by atoms with Crippen LogP contribution in [-0.2, 0) is 10.0 Å². The van der Waals surface area contributed by atoms with Gasteiger partial charge in [0.05, 0.1) is 16.5 Å². The van der Waals surface area contributed by atoms with Crippen LogP contribution in [0.5, 0.6) is 5.75 Å². The van der Waals surface area contributed by atoms with Crippen molar-refractivity contribution in [2.24, 2.45) is 0 Å². The second-order valence-electron chi connectivity index (χ2n) is 5.41. The average Bonchev–Trinajstić information content (AvgIpc) is 2.59. The number of ether oxygens (including phenoxy) is 1. The molecule has 0 N–H and O–H groups in total. The monoisotopic (exact) mass is 423 g/mol. The van der Waals surface area contributed by atoms with E-state index in [2.05, 4.69) is 15.9 Å². The molecule has 2 aromatic rings. The number of hydrogen-bond acceptors (Lipinski definition) is 4. The smallest absolute Gasteiger partial charge is 0.242 e. The van der Waals surface area contributed by atoms with E-state index in [-0.39, 0.29) is 10.7 Å². The number of hydrogen-bond donors (Lipinski definition) is 0. The molecule has 2 rings (SSSR count). The highest BCUT2D eigenvalue weighted by Crippen LogP contribution is 2.26. The van der Waals surface area contributed by atoms with E-state index >= 15 is 0 Å². The van der Waals surface area contributed by atoms with Crippen molar-refractivity contribution in [3.63, 3.8) is 0 Å². The summed E-state index contributed by atoms with van der Waals surface area (Å²) < 4.78 is 31.4. The van der Waals surface area contributed by atoms with Crippen LogP contribution in [0.2, 0.25) is 0 Å². The van der Waals surface area contributed by atoms with E-state index in [9.17, 15) is 13.2 Å². The minimum Gasteiger partial charge on any atom is -0.496 e. The number of nitrogens with zero attached hydrogens (tertiary/aromatic N) is 1. The molecule has 2 aromatic carbocycles. The molecule has 0 radical (unpaired) electrons. The highest BCUT2D eigenvalue weighted by atomic mass is 79.9. The van der Waals surface area contributed by atoms with E-state index < -0.39 is 10.0 Å². The third-order valence-corrected chi connectivity index (χ3v) is 5.93. The molecule has 0 atom stereocenters. The van der Waals surface area contributed by atoms with Gasteiger partial charge >= 0.3 is 0 Å². The number of allylic oxidation sites excluding steroid dienone is 1. The van der Waals surface area contributed by atoms with Gasteiger partial charge in [-0.2, -0.15) is 0 Å². The third kappa shape index (κ3) is 4.56. The lowest BCUT2D eigenvalue weighted by molar-refractivity contribution is 0.104. The number of benzene rings is 2. The number of carbonyl (C=O) groups is 1. The summed E-state index contributed by atoms with van der Waals surface area (Å²) in [5.74, 6) is 0.424. The summed E-state index contributed by atoms with van der Waals surface area (Å²) >= 11 is 3.39. The van der Waals surface area contributed by atoms with Crippen LogP contribution in [0.1, 0.15) is 15.9 Å². The van der Waals surface area contributed by atoms with Crippen molar-refractivity contribution in [3.8, 4) is 5.75 Å². The SMILES string of the molecule is COc1ccc(/C=C/C(=O)c2cccc(S(=O)(=O)N(C)C)c2)cc1Br. The summed E-state index contributed by atoms with van der Waals surface area (Å²) in [5, 5.41) is 0. The molecule has 0 aliphatic carbocycles. The minimum atomic E-state index is -3.58. The summed E-state index contributed by atoms with van der Waals surface area (Å²) in [7, 11) is 0.900. The number of methoxy groups -OCH3 is 1. The van der Waals surface area contributed by atoms with Gasteiger partial charge in [0.2, 0.25) is 10.0 Å². The van der Waals surface area contributed by atoms with Crippen molar-refractivity contribution in [1.29, 1.82) is 0 Å². The summed E-state index contributed by atoms with van der Waals surface area (Å²) in [6.45, 7) is 0. The molecule has 5 nitrogen and oxygen atoms in total. The number of ketones is 1. The van der Waals surface area contributed by atoms with E-state index in [0.29, 0.717) is 11.3 Å². The van der Waals surface area contributed by atoms with Crippen molar-refractivity contribution in [2.75, 3.05) is 21.2 Å². The molecule has 25 heavy (non-hydrogen) atoms. The molecule has 0 aromatic heterocycles. The number of sulfonamides is 1. The quantitative estimate of drug-likeness (QED) is 0.525. The van der Waals surface area contributed by atoms with Crippen LogP contribution in [0.15, 0.2) is 57.9 Å². The summed E-state index contributed by atoms with van der Waals surface area (Å²) in [5.41, 5.74) is 1.13. The van der Waals surface area contributed by atoms with Gasteiger partial charge in [-0.15, -0.1) is 0 Å². The molecule has 0 amide bonds. The van der Waals surface area contributed by atoms with Crippen LogP contribution in [0, 0.1) is 0 Å². The van der Waals surface area contributed by atoms with Crippen LogP contribution >= 0.6 is 15.9 Å². The second-order valence-corrected chi connectivity index (χ2v) is 8.41. The van der Waals surface area contributed by atoms with Crippen molar-refractivity contribution in [2.45, 2.75) is 4.90 Å². The first-order chi connectivity index (χ1) is 11.8. The van der Waals surface area contributed by atoms with Crippen molar-refractivity contribution in [3.05, 3.63) is 64.1 Å². The van der Waals surface area contributed by atoms with Gasteiger partial charge in [0.25, 0.3) is 0 Å². The van der Waals surface area contributed by atoms with Gasteiger partial charge in [0.15, 0.2) is 5.78 Å². The molecule has 0 bridgehead atoms. The average molecular weight is 424 g/mol. The summed E-state index contributed by atoms with van der Waals surface area (Å²) in [4.78, 5) is 12.4. The van der Waals surface area contributed by atoms with Crippen molar-refractivity contribution < 1.29 is 17.9 Å². The van der Waals surface area contributed by atoms with E-state index in [1.165, 1.54) is 32.3 Å². The first-order valence-corrected chi connectivity index (χ1v) is 9.57. The van der Waals surface area contributed by atoms with E-state index in [0.717, 1.165) is 14.3 Å². The van der Waals surface area contributed by atoms with Gasteiger partial charge < -0.3 is 4.74 Å². The molecule has 0 saturated carbocycles. The van der Waals surface area contributed by atoms with Gasteiger partial charge in [0.1, 0.15) is 5.75 Å². The molecule has 0 aliphatic heterocycles. The van der Waals surface area contributed by atoms with Crippen LogP contribution in [0.4, 0.5) is 0 Å². The van der Waals surface area contributed by atoms with E-state index in [1.807, 2.05) is 12.1 Å². The van der Waals surface area contributed by atoms with Gasteiger partial charge in [-0.3, -0.25) is 4.79 Å². The molecular formula is C18H18BrNO4S. The van der Waals surface area contributed by atoms with Gasteiger partial charge in [0, 0.05) is 19.7 Å². The maximum Gasteiger partial charge on any atom is 0.242 e. The zero-order valence-electron chi connectivity index (χ0n) is 14.1. The third-order valence-electron chi connectivity index (χ3n) is 3.50. The maximum atomic E-state index is 12.3. The molecule has 0 heterocycles. The number of carbonyl (C=O) groups excluding carboxylic acids is 1. The molecule has 0 unspecified atom stereocenters. The van der Waals surface area contributed by atoms with Gasteiger partial charge in [-0.1, -0.05) is 24.3 Å². The highest BCUT2D eigenvalue weighted by molar-refractivity contribution is 9.10. The molecule has 7 heteroatoms. The standard InChI is InChI=1S/C18H18BrNO4S/c1-20(2)25(22,23)15-6-4-5-14(12-15)17(21)9-7-13-8-10-18(24-3)16(19)11-13/h4-12H,1-3H3/b9-7+. The molecule has 0 fully saturated rings. The predicted octanol–water partition coefficient (Wildman–Crippen LogP) is 3.60. The largest absolute Gasteiger partial charge is 0.496 e. The van der Waals surface area contributed by atoms with Crippen LogP contribution in [0.3, 0.4) is 0 Å². The maximum absolute atomic E-state index is 12.3. The highest BCUT2D eigenvalue weighted by Gasteiger charge is 2.18. The predicted molar refractivity (Wildman–Crippen MR) is 101 cm³/mol. The Kier molecular flexibility index (Phi) is 6.16. The Bertz CT molecular complexity index is 920. The fraction of sp³-hybridized carbons (Fsp3) is 0.167. The number of halogens is 1. The number of rotatable bonds is 6. The fourth-order valence-corrected chi connectivity index (χ4v) is 3.58. The van der Waals surface area contributed by atoms with Gasteiger partial charge in [-0.25, -0.2) is 12.7 Å². The molecule has 0 saturated heterocycles. The van der Waals surface area contributed by atoms with E-state index in [1.54, 1.807) is 31.4 Å². The second kappa shape index (κ2) is 7.95. The molecule has 0 aliphatic rings. The Hall–Kier alpha value is -1.96. The summed E-state index contributed by atoms with van der Waals surface area (Å²) in [6.07, 6.45) is 3.08. The first kappa shape index (κ1) is 19.4.